The highest BCUT2D eigenvalue weighted by molar-refractivity contribution is 7.92. The maximum atomic E-state index is 12.4. The summed E-state index contributed by atoms with van der Waals surface area (Å²) >= 11 is 0. The molecule has 0 bridgehead atoms. The van der Waals surface area contributed by atoms with Gasteiger partial charge in [0, 0.05) is 11.6 Å². The second kappa shape index (κ2) is 12.1. The fourth-order valence-electron chi connectivity index (χ4n) is 3.28. The van der Waals surface area contributed by atoms with Crippen molar-refractivity contribution in [2.24, 2.45) is 5.10 Å². The van der Waals surface area contributed by atoms with Crippen molar-refractivity contribution in [2.75, 3.05) is 37.9 Å². The normalized spacial score (nSPS) is 11.2. The van der Waals surface area contributed by atoms with Crippen LogP contribution < -0.4 is 19.2 Å². The molecule has 0 saturated heterocycles. The van der Waals surface area contributed by atoms with Gasteiger partial charge in [0.25, 0.3) is 5.91 Å². The Labute approximate surface area is 214 Å². The predicted octanol–water partition coefficient (Wildman–Crippen LogP) is 3.06. The van der Waals surface area contributed by atoms with Crippen LogP contribution in [0.15, 0.2) is 64.1 Å². The molecule has 1 aromatic heterocycles. The molecule has 0 atom stereocenters. The molecule has 0 spiro atoms. The minimum absolute atomic E-state index is 0.226. The fourth-order valence-corrected chi connectivity index (χ4v) is 4.12. The van der Waals surface area contributed by atoms with Gasteiger partial charge >= 0.3 is 5.97 Å². The first-order chi connectivity index (χ1) is 17.7. The molecule has 12 heteroatoms. The highest BCUT2D eigenvalue weighted by atomic mass is 32.2. The molecule has 3 aromatic rings. The van der Waals surface area contributed by atoms with Crippen LogP contribution in [0.3, 0.4) is 0 Å². The number of carbonyl (C=O) groups excluding carboxylic acids is 2. The number of ether oxygens (including phenoxy) is 3. The lowest BCUT2D eigenvalue weighted by atomic mass is 10.1. The molecule has 196 valence electrons. The van der Waals surface area contributed by atoms with Gasteiger partial charge in [0.05, 0.1) is 44.5 Å². The van der Waals surface area contributed by atoms with Crippen LogP contribution >= 0.6 is 0 Å². The SMILES string of the molecule is CCOC(=O)c1ccc(-c2ccc(/C=N\NC(=O)CN(c3ccc(OC)c(OC)c3)S(C)(=O)=O)o2)cc1. The molecular formula is C25H27N3O8S. The van der Waals surface area contributed by atoms with Gasteiger partial charge in [-0.3, -0.25) is 9.10 Å². The monoisotopic (exact) mass is 529 g/mol. The summed E-state index contributed by atoms with van der Waals surface area (Å²) in [6.07, 6.45) is 2.28. The Hall–Kier alpha value is -4.32. The molecule has 0 saturated carbocycles. The van der Waals surface area contributed by atoms with Gasteiger partial charge in [0.15, 0.2) is 11.5 Å². The van der Waals surface area contributed by atoms with E-state index in [0.29, 0.717) is 35.2 Å². The van der Waals surface area contributed by atoms with E-state index in [1.165, 1.54) is 32.6 Å². The molecular weight excluding hydrogens is 502 g/mol. The third kappa shape index (κ3) is 7.10. The van der Waals surface area contributed by atoms with Gasteiger partial charge in [-0.2, -0.15) is 5.10 Å². The third-order valence-corrected chi connectivity index (χ3v) is 6.17. The van der Waals surface area contributed by atoms with Gasteiger partial charge in [-0.1, -0.05) is 12.1 Å². The number of anilines is 1. The highest BCUT2D eigenvalue weighted by Crippen LogP contribution is 2.32. The van der Waals surface area contributed by atoms with Gasteiger partial charge < -0.3 is 18.6 Å². The van der Waals surface area contributed by atoms with Crippen LogP contribution in [0.2, 0.25) is 0 Å². The summed E-state index contributed by atoms with van der Waals surface area (Å²) in [7, 11) is -0.915. The Morgan fingerprint density at radius 1 is 1.03 bits per heavy atom. The smallest absolute Gasteiger partial charge is 0.338 e. The Kier molecular flexibility index (Phi) is 8.90. The lowest BCUT2D eigenvalue weighted by molar-refractivity contribution is -0.119. The number of nitrogens with one attached hydrogen (secondary N) is 1. The van der Waals surface area contributed by atoms with E-state index in [1.54, 1.807) is 49.4 Å². The van der Waals surface area contributed by atoms with Crippen LogP contribution in [-0.4, -0.2) is 60.1 Å². The second-order valence-corrected chi connectivity index (χ2v) is 9.51. The Balaban J connectivity index is 1.65. The number of hydrogen-bond donors (Lipinski definition) is 1. The average molecular weight is 530 g/mol. The summed E-state index contributed by atoms with van der Waals surface area (Å²) in [5.41, 5.74) is 3.68. The number of benzene rings is 2. The van der Waals surface area contributed by atoms with E-state index in [1.807, 2.05) is 0 Å². The zero-order valence-electron chi connectivity index (χ0n) is 20.8. The summed E-state index contributed by atoms with van der Waals surface area (Å²) in [6.45, 7) is 1.52. The summed E-state index contributed by atoms with van der Waals surface area (Å²) in [5.74, 6) is 0.540. The number of hydrazone groups is 1. The van der Waals surface area contributed by atoms with Crippen molar-refractivity contribution in [3.63, 3.8) is 0 Å². The number of furan rings is 1. The third-order valence-electron chi connectivity index (χ3n) is 5.03. The minimum Gasteiger partial charge on any atom is -0.493 e. The van der Waals surface area contributed by atoms with E-state index >= 15 is 0 Å². The van der Waals surface area contributed by atoms with E-state index in [9.17, 15) is 18.0 Å². The summed E-state index contributed by atoms with van der Waals surface area (Å²) < 4.78 is 46.7. The number of methoxy groups -OCH3 is 2. The van der Waals surface area contributed by atoms with E-state index in [-0.39, 0.29) is 5.69 Å². The van der Waals surface area contributed by atoms with Crippen molar-refractivity contribution in [1.29, 1.82) is 0 Å². The van der Waals surface area contributed by atoms with E-state index in [2.05, 4.69) is 10.5 Å². The number of nitrogens with zero attached hydrogens (tertiary/aromatic N) is 2. The predicted molar refractivity (Wildman–Crippen MR) is 138 cm³/mol. The number of rotatable bonds is 11. The van der Waals surface area contributed by atoms with Crippen molar-refractivity contribution in [3.8, 4) is 22.8 Å². The molecule has 11 nitrogen and oxygen atoms in total. The van der Waals surface area contributed by atoms with E-state index in [0.717, 1.165) is 16.1 Å². The number of esters is 1. The molecule has 0 fully saturated rings. The average Bonchev–Trinajstić information content (AvgIpc) is 3.35. The first-order valence-electron chi connectivity index (χ1n) is 11.0. The van der Waals surface area contributed by atoms with E-state index in [4.69, 9.17) is 18.6 Å². The minimum atomic E-state index is -3.80. The van der Waals surface area contributed by atoms with Gasteiger partial charge in [-0.05, 0) is 43.3 Å². The zero-order chi connectivity index (χ0) is 27.0. The number of sulfonamides is 1. The molecule has 0 aliphatic heterocycles. The number of amides is 1. The Morgan fingerprint density at radius 2 is 1.73 bits per heavy atom. The maximum absolute atomic E-state index is 12.4. The van der Waals surface area contributed by atoms with E-state index < -0.39 is 28.4 Å². The zero-order valence-corrected chi connectivity index (χ0v) is 21.6. The van der Waals surface area contributed by atoms with Crippen molar-refractivity contribution in [1.82, 2.24) is 5.43 Å². The Morgan fingerprint density at radius 3 is 2.35 bits per heavy atom. The molecule has 0 aliphatic rings. The molecule has 1 amide bonds. The van der Waals surface area contributed by atoms with Crippen LogP contribution in [0.25, 0.3) is 11.3 Å². The molecule has 2 aromatic carbocycles. The molecule has 0 radical (unpaired) electrons. The first kappa shape index (κ1) is 27.3. The van der Waals surface area contributed by atoms with Crippen LogP contribution in [0.1, 0.15) is 23.0 Å². The first-order valence-corrected chi connectivity index (χ1v) is 12.9. The topological polar surface area (TPSA) is 137 Å². The van der Waals surface area contributed by atoms with Crippen molar-refractivity contribution >= 4 is 33.8 Å². The van der Waals surface area contributed by atoms with Crippen LogP contribution in [0.4, 0.5) is 5.69 Å². The Bertz CT molecular complexity index is 1380. The second-order valence-electron chi connectivity index (χ2n) is 7.60. The van der Waals surface area contributed by atoms with Gasteiger partial charge in [-0.15, -0.1) is 0 Å². The highest BCUT2D eigenvalue weighted by Gasteiger charge is 2.22. The molecule has 1 heterocycles. The molecule has 1 N–H and O–H groups in total. The van der Waals surface area contributed by atoms with Crippen LogP contribution in [0, 0.1) is 0 Å². The van der Waals surface area contributed by atoms with Crippen molar-refractivity contribution in [3.05, 3.63) is 65.9 Å². The number of carbonyl (C=O) groups is 2. The van der Waals surface area contributed by atoms with Gasteiger partial charge in [0.2, 0.25) is 10.0 Å². The van der Waals surface area contributed by atoms with Crippen LogP contribution in [-0.2, 0) is 19.6 Å². The van der Waals surface area contributed by atoms with Crippen molar-refractivity contribution < 1.29 is 36.6 Å². The maximum Gasteiger partial charge on any atom is 0.338 e. The largest absolute Gasteiger partial charge is 0.493 e. The number of hydrogen-bond acceptors (Lipinski definition) is 9. The van der Waals surface area contributed by atoms with Crippen molar-refractivity contribution in [2.45, 2.75) is 6.92 Å². The summed E-state index contributed by atoms with van der Waals surface area (Å²) in [4.78, 5) is 24.2. The lowest BCUT2D eigenvalue weighted by Gasteiger charge is -2.22. The lowest BCUT2D eigenvalue weighted by Crippen LogP contribution is -2.39. The molecule has 3 rings (SSSR count). The standard InChI is InChI=1S/C25H27N3O8S/c1-5-35-25(30)18-8-6-17(7-9-18)21-13-11-20(36-21)15-26-27-24(29)16-28(37(4,31)32)19-10-12-22(33-2)23(14-19)34-3/h6-15H,5,16H2,1-4H3,(H,27,29)/b26-15-. The molecule has 37 heavy (non-hydrogen) atoms. The fraction of sp³-hybridized carbons (Fsp3) is 0.240. The summed E-state index contributed by atoms with van der Waals surface area (Å²) in [5, 5.41) is 3.85. The quantitative estimate of drug-likeness (QED) is 0.227. The molecule has 0 unspecified atom stereocenters. The summed E-state index contributed by atoms with van der Waals surface area (Å²) in [6, 6.07) is 14.6. The molecule has 0 aliphatic carbocycles. The van der Waals surface area contributed by atoms with Crippen LogP contribution in [0.5, 0.6) is 11.5 Å². The van der Waals surface area contributed by atoms with Gasteiger partial charge in [0.1, 0.15) is 18.1 Å². The van der Waals surface area contributed by atoms with Gasteiger partial charge in [-0.25, -0.2) is 18.6 Å².